The second-order valence-corrected chi connectivity index (χ2v) is 14.2. The smallest absolute Gasteiger partial charge is 0.0808 e. The maximum Gasteiger partial charge on any atom is 0.0808 e. The lowest BCUT2D eigenvalue weighted by Gasteiger charge is -2.09. The van der Waals surface area contributed by atoms with E-state index < -0.39 is 0 Å². The molecule has 54 heavy (non-hydrogen) atoms. The number of aromatic nitrogens is 4. The Balaban J connectivity index is 1.05. The number of hydrogen-bond acceptors (Lipinski definition) is 2. The van der Waals surface area contributed by atoms with Gasteiger partial charge in [-0.05, 0) is 107 Å². The highest BCUT2D eigenvalue weighted by Gasteiger charge is 2.24. The lowest BCUT2D eigenvalue weighted by Crippen LogP contribution is -1.93. The van der Waals surface area contributed by atoms with Gasteiger partial charge in [-0.15, -0.1) is 0 Å². The van der Waals surface area contributed by atoms with E-state index in [4.69, 9.17) is 9.97 Å². The van der Waals surface area contributed by atoms with Gasteiger partial charge in [-0.2, -0.15) is 0 Å². The molecule has 4 heteroatoms. The predicted octanol–water partition coefficient (Wildman–Crippen LogP) is 12.8. The van der Waals surface area contributed by atoms with E-state index in [9.17, 15) is 0 Å². The Morgan fingerprint density at radius 1 is 0.370 bits per heavy atom. The van der Waals surface area contributed by atoms with Crippen LogP contribution in [0.5, 0.6) is 0 Å². The molecule has 11 aromatic rings. The van der Waals surface area contributed by atoms with Crippen LogP contribution < -0.4 is 0 Å². The molecule has 0 atom stereocenters. The average molecular weight is 687 g/mol. The van der Waals surface area contributed by atoms with Crippen LogP contribution in [0.3, 0.4) is 0 Å². The van der Waals surface area contributed by atoms with E-state index in [-0.39, 0.29) is 0 Å². The molecule has 0 amide bonds. The van der Waals surface area contributed by atoms with Gasteiger partial charge < -0.3 is 9.13 Å². The second-order valence-electron chi connectivity index (χ2n) is 14.2. The highest BCUT2D eigenvalue weighted by molar-refractivity contribution is 6.15. The summed E-state index contributed by atoms with van der Waals surface area (Å²) in [6, 6.07) is 61.5. The first kappa shape index (κ1) is 29.3. The fraction of sp³-hybridized carbons (Fsp3) is 0. The van der Waals surface area contributed by atoms with Gasteiger partial charge in [-0.1, -0.05) is 91.0 Å². The number of benzene rings is 7. The first-order chi connectivity index (χ1) is 26.8. The van der Waals surface area contributed by atoms with Crippen molar-refractivity contribution in [2.75, 3.05) is 0 Å². The summed E-state index contributed by atoms with van der Waals surface area (Å²) in [5.41, 5.74) is 16.0. The van der Waals surface area contributed by atoms with E-state index in [1.54, 1.807) is 0 Å². The Morgan fingerprint density at radius 3 is 1.63 bits per heavy atom. The summed E-state index contributed by atoms with van der Waals surface area (Å²) in [5.74, 6) is 0. The summed E-state index contributed by atoms with van der Waals surface area (Å²) in [4.78, 5) is 9.80. The number of para-hydroxylation sites is 3. The predicted molar refractivity (Wildman–Crippen MR) is 224 cm³/mol. The zero-order chi connectivity index (χ0) is 35.3. The third kappa shape index (κ3) is 4.13. The van der Waals surface area contributed by atoms with Crippen LogP contribution in [0.15, 0.2) is 182 Å². The second kappa shape index (κ2) is 11.1. The van der Waals surface area contributed by atoms with E-state index in [2.05, 4.69) is 179 Å². The molecule has 0 aliphatic heterocycles. The lowest BCUT2D eigenvalue weighted by atomic mass is 9.99. The Hall–Kier alpha value is -7.30. The quantitative estimate of drug-likeness (QED) is 0.185. The van der Waals surface area contributed by atoms with Crippen molar-refractivity contribution in [1.82, 2.24) is 19.1 Å². The first-order valence-electron chi connectivity index (χ1n) is 18.4. The summed E-state index contributed by atoms with van der Waals surface area (Å²) in [7, 11) is 0. The fourth-order valence-corrected chi connectivity index (χ4v) is 8.91. The molecule has 1 aliphatic carbocycles. The van der Waals surface area contributed by atoms with Crippen LogP contribution in [0.1, 0.15) is 0 Å². The molecule has 4 nitrogen and oxygen atoms in total. The summed E-state index contributed by atoms with van der Waals surface area (Å²) >= 11 is 0. The summed E-state index contributed by atoms with van der Waals surface area (Å²) in [6.07, 6.45) is 3.91. The van der Waals surface area contributed by atoms with Crippen molar-refractivity contribution >= 4 is 54.4 Å². The molecule has 0 unspecified atom stereocenters. The molecule has 7 aromatic carbocycles. The van der Waals surface area contributed by atoms with Gasteiger partial charge in [-0.25, -0.2) is 0 Å². The first-order valence-corrected chi connectivity index (χ1v) is 18.4. The lowest BCUT2D eigenvalue weighted by molar-refractivity contribution is 1.18. The van der Waals surface area contributed by atoms with Gasteiger partial charge in [-0.3, -0.25) is 9.97 Å². The number of fused-ring (bicyclic) bond motifs is 9. The molecule has 4 aromatic heterocycles. The van der Waals surface area contributed by atoms with Crippen molar-refractivity contribution in [1.29, 1.82) is 0 Å². The molecule has 0 bridgehead atoms. The van der Waals surface area contributed by atoms with E-state index in [0.717, 1.165) is 28.2 Å². The highest BCUT2D eigenvalue weighted by atomic mass is 15.0. The SMILES string of the molecule is c1ccc(-n2c3ccccc3c3cc(-c4ccc5c(c4)c4cc(-c6cc7c(cn6)-c6nccc8cccc-7c68)ccc4n5-c4ccccc4)ccc32)cc1. The molecule has 0 N–H and O–H groups in total. The van der Waals surface area contributed by atoms with Crippen molar-refractivity contribution in [3.63, 3.8) is 0 Å². The van der Waals surface area contributed by atoms with Crippen LogP contribution in [-0.4, -0.2) is 19.1 Å². The topological polar surface area (TPSA) is 35.6 Å². The molecule has 250 valence electrons. The molecule has 4 heterocycles. The normalized spacial score (nSPS) is 12.1. The molecule has 12 rings (SSSR count). The molecule has 0 spiro atoms. The van der Waals surface area contributed by atoms with Crippen LogP contribution in [-0.2, 0) is 0 Å². The Labute approximate surface area is 310 Å². The van der Waals surface area contributed by atoms with E-state index in [0.29, 0.717) is 0 Å². The van der Waals surface area contributed by atoms with E-state index >= 15 is 0 Å². The third-order valence-corrected chi connectivity index (χ3v) is 11.3. The number of rotatable bonds is 4. The minimum atomic E-state index is 0.956. The fourth-order valence-electron chi connectivity index (χ4n) is 8.91. The molecule has 0 saturated heterocycles. The highest BCUT2D eigenvalue weighted by Crippen LogP contribution is 2.47. The molecule has 0 radical (unpaired) electrons. The van der Waals surface area contributed by atoms with Crippen LogP contribution in [0, 0.1) is 0 Å². The third-order valence-electron chi connectivity index (χ3n) is 11.3. The van der Waals surface area contributed by atoms with Crippen molar-refractivity contribution in [2.24, 2.45) is 0 Å². The van der Waals surface area contributed by atoms with Gasteiger partial charge in [0, 0.05) is 61.8 Å². The summed E-state index contributed by atoms with van der Waals surface area (Å²) in [6.45, 7) is 0. The molecular formula is C50H30N4. The van der Waals surface area contributed by atoms with Gasteiger partial charge in [0.05, 0.1) is 33.5 Å². The zero-order valence-corrected chi connectivity index (χ0v) is 29.1. The maximum absolute atomic E-state index is 5.04. The monoisotopic (exact) mass is 686 g/mol. The van der Waals surface area contributed by atoms with Crippen LogP contribution in [0.25, 0.3) is 111 Å². The van der Waals surface area contributed by atoms with E-state index in [1.807, 2.05) is 12.4 Å². The molecular weight excluding hydrogens is 657 g/mol. The summed E-state index contributed by atoms with van der Waals surface area (Å²) in [5, 5.41) is 7.33. The van der Waals surface area contributed by atoms with Crippen LogP contribution >= 0.6 is 0 Å². The Morgan fingerprint density at radius 2 is 0.944 bits per heavy atom. The molecule has 0 fully saturated rings. The van der Waals surface area contributed by atoms with Gasteiger partial charge in [0.25, 0.3) is 0 Å². The van der Waals surface area contributed by atoms with Gasteiger partial charge in [0.2, 0.25) is 0 Å². The number of nitrogens with zero attached hydrogens (tertiary/aromatic N) is 4. The van der Waals surface area contributed by atoms with Crippen molar-refractivity contribution in [2.45, 2.75) is 0 Å². The Bertz CT molecular complexity index is 3310. The number of hydrogen-bond donors (Lipinski definition) is 0. The standard InChI is InChI=1S/C50H30N4/c1-3-11-35(12-4-1)53-45-17-8-7-15-37(45)40-26-32(18-21-46(40)53)33-19-22-47-41(27-33)42-28-34(20-23-48(42)54(47)36-13-5-2-6-14-36)44-29-39-38-16-9-10-31-24-25-51-50(49(31)38)43(39)30-52-44/h1-30H. The van der Waals surface area contributed by atoms with Crippen molar-refractivity contribution in [3.05, 3.63) is 182 Å². The minimum Gasteiger partial charge on any atom is -0.309 e. The maximum atomic E-state index is 5.04. The zero-order valence-electron chi connectivity index (χ0n) is 29.1. The van der Waals surface area contributed by atoms with Gasteiger partial charge in [0.1, 0.15) is 0 Å². The molecule has 0 saturated carbocycles. The van der Waals surface area contributed by atoms with Gasteiger partial charge >= 0.3 is 0 Å². The van der Waals surface area contributed by atoms with Crippen LogP contribution in [0.4, 0.5) is 0 Å². The summed E-state index contributed by atoms with van der Waals surface area (Å²) < 4.78 is 4.75. The van der Waals surface area contributed by atoms with Crippen molar-refractivity contribution in [3.8, 4) is 56.1 Å². The van der Waals surface area contributed by atoms with Gasteiger partial charge in [0.15, 0.2) is 0 Å². The van der Waals surface area contributed by atoms with E-state index in [1.165, 1.54) is 82.3 Å². The number of pyridine rings is 2. The Kier molecular flexibility index (Phi) is 6.02. The average Bonchev–Trinajstić information content (AvgIpc) is 3.87. The van der Waals surface area contributed by atoms with Crippen LogP contribution in [0.2, 0.25) is 0 Å². The minimum absolute atomic E-state index is 0.956. The largest absolute Gasteiger partial charge is 0.309 e. The van der Waals surface area contributed by atoms with Crippen molar-refractivity contribution < 1.29 is 0 Å². The molecule has 1 aliphatic rings.